The molecule has 1 aliphatic heterocycles. The molecule has 3 aromatic rings. The Labute approximate surface area is 200 Å². The third kappa shape index (κ3) is 5.79. The average molecular weight is 485 g/mol. The Morgan fingerprint density at radius 1 is 1.09 bits per heavy atom. The second-order valence-electron chi connectivity index (χ2n) is 7.73. The number of nitrogens with one attached hydrogen (secondary N) is 1. The summed E-state index contributed by atoms with van der Waals surface area (Å²) < 4.78 is 0.749. The Bertz CT molecular complexity index is 1140. The number of anilines is 3. The largest absolute Gasteiger partial charge is 0.368 e. The number of rotatable bonds is 7. The lowest BCUT2D eigenvalue weighted by atomic mass is 10.1. The predicted octanol–water partition coefficient (Wildman–Crippen LogP) is 4.25. The molecule has 2 aromatic carbocycles. The van der Waals surface area contributed by atoms with Crippen LogP contribution in [0.1, 0.15) is 11.1 Å². The Balaban J connectivity index is 1.24. The lowest BCUT2D eigenvalue weighted by Gasteiger charge is -2.36. The van der Waals surface area contributed by atoms with E-state index >= 15 is 0 Å². The number of non-ortho nitro benzene ring substituents is 1. The van der Waals surface area contributed by atoms with Crippen LogP contribution in [-0.2, 0) is 4.79 Å². The number of hydrogen-bond donors (Lipinski definition) is 1. The Morgan fingerprint density at radius 2 is 1.82 bits per heavy atom. The number of carbonyl (C=O) groups is 1. The van der Waals surface area contributed by atoms with E-state index in [0.29, 0.717) is 37.1 Å². The number of aryl methyl sites for hydroxylation is 2. The molecule has 9 nitrogen and oxygen atoms in total. The molecule has 0 bridgehead atoms. The monoisotopic (exact) mass is 484 g/mol. The first-order valence-corrected chi connectivity index (χ1v) is 12.3. The van der Waals surface area contributed by atoms with Gasteiger partial charge in [-0.15, -0.1) is 10.2 Å². The van der Waals surface area contributed by atoms with Crippen LogP contribution in [0.25, 0.3) is 0 Å². The molecule has 4 rings (SSSR count). The van der Waals surface area contributed by atoms with E-state index in [4.69, 9.17) is 0 Å². The highest BCUT2D eigenvalue weighted by atomic mass is 32.2. The standard InChI is InChI=1S/C22H24N6O3S2/c1-15-3-4-17(13-16(15)2)23-21-24-25-22(33-21)32-14-20(29)27-11-9-26(10-12-27)18-5-7-19(8-6-18)28(30)31/h3-8,13H,9-12,14H2,1-2H3,(H,23,24). The van der Waals surface area contributed by atoms with Crippen LogP contribution in [0.2, 0.25) is 0 Å². The molecule has 1 amide bonds. The number of carbonyl (C=O) groups excluding carboxylic acids is 1. The number of nitro groups is 1. The third-order valence-corrected chi connectivity index (χ3v) is 7.50. The molecular weight excluding hydrogens is 460 g/mol. The molecule has 11 heteroatoms. The fourth-order valence-corrected chi connectivity index (χ4v) is 5.15. The molecule has 2 heterocycles. The highest BCUT2D eigenvalue weighted by Gasteiger charge is 2.22. The van der Waals surface area contributed by atoms with Gasteiger partial charge in [0.2, 0.25) is 11.0 Å². The van der Waals surface area contributed by atoms with Crippen LogP contribution in [0.5, 0.6) is 0 Å². The minimum Gasteiger partial charge on any atom is -0.368 e. The summed E-state index contributed by atoms with van der Waals surface area (Å²) in [5.74, 6) is 0.387. The smallest absolute Gasteiger partial charge is 0.269 e. The van der Waals surface area contributed by atoms with Gasteiger partial charge in [-0.3, -0.25) is 14.9 Å². The van der Waals surface area contributed by atoms with Gasteiger partial charge in [-0.1, -0.05) is 29.2 Å². The Hall–Kier alpha value is -3.18. The van der Waals surface area contributed by atoms with Crippen molar-refractivity contribution in [3.63, 3.8) is 0 Å². The van der Waals surface area contributed by atoms with Crippen LogP contribution < -0.4 is 10.2 Å². The topological polar surface area (TPSA) is 104 Å². The van der Waals surface area contributed by atoms with E-state index in [1.54, 1.807) is 12.1 Å². The van der Waals surface area contributed by atoms with Gasteiger partial charge in [0, 0.05) is 49.7 Å². The second kappa shape index (κ2) is 10.2. The molecule has 0 spiro atoms. The Kier molecular flexibility index (Phi) is 7.09. The van der Waals surface area contributed by atoms with Crippen molar-refractivity contribution in [3.8, 4) is 0 Å². The van der Waals surface area contributed by atoms with Gasteiger partial charge in [0.25, 0.3) is 5.69 Å². The number of nitrogens with zero attached hydrogens (tertiary/aromatic N) is 5. The first-order valence-electron chi connectivity index (χ1n) is 10.5. The van der Waals surface area contributed by atoms with Gasteiger partial charge in [-0.25, -0.2) is 0 Å². The molecule has 172 valence electrons. The summed E-state index contributed by atoms with van der Waals surface area (Å²) in [6.07, 6.45) is 0. The molecule has 1 fully saturated rings. The van der Waals surface area contributed by atoms with E-state index in [1.807, 2.05) is 11.0 Å². The number of amides is 1. The van der Waals surface area contributed by atoms with E-state index in [-0.39, 0.29) is 11.6 Å². The van der Waals surface area contributed by atoms with Crippen LogP contribution in [0.3, 0.4) is 0 Å². The Morgan fingerprint density at radius 3 is 2.48 bits per heavy atom. The number of hydrogen-bond acceptors (Lipinski definition) is 9. The SMILES string of the molecule is Cc1ccc(Nc2nnc(SCC(=O)N3CCN(c4ccc([N+](=O)[O-])cc4)CC3)s2)cc1C. The minimum absolute atomic E-state index is 0.0715. The van der Waals surface area contributed by atoms with Gasteiger partial charge in [0.05, 0.1) is 10.7 Å². The van der Waals surface area contributed by atoms with Crippen molar-refractivity contribution in [1.29, 1.82) is 0 Å². The zero-order chi connectivity index (χ0) is 23.4. The first-order chi connectivity index (χ1) is 15.9. The summed E-state index contributed by atoms with van der Waals surface area (Å²) in [6.45, 7) is 6.76. The highest BCUT2D eigenvalue weighted by molar-refractivity contribution is 8.01. The fraction of sp³-hybridized carbons (Fsp3) is 0.318. The predicted molar refractivity (Wildman–Crippen MR) is 132 cm³/mol. The summed E-state index contributed by atoms with van der Waals surface area (Å²) in [5, 5.41) is 23.1. The normalized spacial score (nSPS) is 13.8. The van der Waals surface area contributed by atoms with Gasteiger partial charge in [0.1, 0.15) is 0 Å². The number of piperazine rings is 1. The average Bonchev–Trinajstić information content (AvgIpc) is 3.27. The van der Waals surface area contributed by atoms with E-state index < -0.39 is 4.92 Å². The summed E-state index contributed by atoms with van der Waals surface area (Å²) in [7, 11) is 0. The van der Waals surface area contributed by atoms with Crippen molar-refractivity contribution in [3.05, 3.63) is 63.7 Å². The van der Waals surface area contributed by atoms with E-state index in [2.05, 4.69) is 46.4 Å². The lowest BCUT2D eigenvalue weighted by molar-refractivity contribution is -0.384. The van der Waals surface area contributed by atoms with E-state index in [9.17, 15) is 14.9 Å². The second-order valence-corrected chi connectivity index (χ2v) is 9.93. The van der Waals surface area contributed by atoms with Crippen molar-refractivity contribution in [2.24, 2.45) is 0 Å². The molecule has 0 atom stereocenters. The molecule has 1 aromatic heterocycles. The van der Waals surface area contributed by atoms with Crippen molar-refractivity contribution in [1.82, 2.24) is 15.1 Å². The molecule has 1 saturated heterocycles. The zero-order valence-electron chi connectivity index (χ0n) is 18.4. The summed E-state index contributed by atoms with van der Waals surface area (Å²) >= 11 is 2.83. The van der Waals surface area contributed by atoms with Crippen molar-refractivity contribution < 1.29 is 9.72 Å². The fourth-order valence-electron chi connectivity index (χ4n) is 3.48. The summed E-state index contributed by atoms with van der Waals surface area (Å²) in [6, 6.07) is 12.7. The molecule has 1 aliphatic rings. The highest BCUT2D eigenvalue weighted by Crippen LogP contribution is 2.29. The maximum Gasteiger partial charge on any atom is 0.269 e. The zero-order valence-corrected chi connectivity index (χ0v) is 20.0. The number of nitro benzene ring substituents is 1. The number of thioether (sulfide) groups is 1. The molecule has 0 aliphatic carbocycles. The van der Waals surface area contributed by atoms with Crippen molar-refractivity contribution >= 4 is 51.2 Å². The lowest BCUT2D eigenvalue weighted by Crippen LogP contribution is -2.49. The molecule has 0 radical (unpaired) electrons. The molecule has 0 unspecified atom stereocenters. The van der Waals surface area contributed by atoms with Crippen LogP contribution in [-0.4, -0.2) is 57.9 Å². The van der Waals surface area contributed by atoms with Crippen LogP contribution in [0.4, 0.5) is 22.2 Å². The molecule has 1 N–H and O–H groups in total. The van der Waals surface area contributed by atoms with Crippen molar-refractivity contribution in [2.45, 2.75) is 18.2 Å². The van der Waals surface area contributed by atoms with Gasteiger partial charge in [-0.05, 0) is 49.2 Å². The van der Waals surface area contributed by atoms with Crippen LogP contribution in [0.15, 0.2) is 46.8 Å². The van der Waals surface area contributed by atoms with E-state index in [0.717, 1.165) is 15.7 Å². The quantitative estimate of drug-likeness (QED) is 0.302. The maximum atomic E-state index is 12.7. The van der Waals surface area contributed by atoms with Crippen LogP contribution >= 0.6 is 23.1 Å². The molecule has 33 heavy (non-hydrogen) atoms. The summed E-state index contributed by atoms with van der Waals surface area (Å²) in [4.78, 5) is 27.0. The van der Waals surface area contributed by atoms with Crippen LogP contribution in [0, 0.1) is 24.0 Å². The van der Waals surface area contributed by atoms with Gasteiger partial charge >= 0.3 is 0 Å². The van der Waals surface area contributed by atoms with Gasteiger partial charge in [0.15, 0.2) is 4.34 Å². The maximum absolute atomic E-state index is 12.7. The van der Waals surface area contributed by atoms with Gasteiger partial charge in [-0.2, -0.15) is 0 Å². The molecular formula is C22H24N6O3S2. The van der Waals surface area contributed by atoms with Crippen molar-refractivity contribution in [2.75, 3.05) is 42.1 Å². The summed E-state index contributed by atoms with van der Waals surface area (Å²) in [5.41, 5.74) is 4.42. The number of aromatic nitrogens is 2. The number of benzene rings is 2. The minimum atomic E-state index is -0.404. The third-order valence-electron chi connectivity index (χ3n) is 5.54. The molecule has 0 saturated carbocycles. The van der Waals surface area contributed by atoms with Gasteiger partial charge < -0.3 is 15.1 Å². The van der Waals surface area contributed by atoms with E-state index in [1.165, 1.54) is 46.4 Å². The first kappa shape index (κ1) is 23.0.